The number of aliphatic hydroxyl groups is 1. The van der Waals surface area contributed by atoms with Gasteiger partial charge in [-0.15, -0.1) is 0 Å². The Balaban J connectivity index is 2.36. The van der Waals surface area contributed by atoms with Gasteiger partial charge in [0.2, 0.25) is 5.91 Å². The molecule has 1 saturated heterocycles. The molecule has 1 rings (SSSR count). The number of carbonyl (C=O) groups excluding carboxylic acids is 1. The van der Waals surface area contributed by atoms with E-state index < -0.39 is 0 Å². The molecule has 0 radical (unpaired) electrons. The summed E-state index contributed by atoms with van der Waals surface area (Å²) < 4.78 is 0. The molecule has 18 heavy (non-hydrogen) atoms. The lowest BCUT2D eigenvalue weighted by Crippen LogP contribution is -2.48. The van der Waals surface area contributed by atoms with Crippen molar-refractivity contribution in [2.45, 2.75) is 52.7 Å². The van der Waals surface area contributed by atoms with Gasteiger partial charge < -0.3 is 10.4 Å². The van der Waals surface area contributed by atoms with Crippen LogP contribution in [0.2, 0.25) is 0 Å². The molecule has 1 fully saturated rings. The van der Waals surface area contributed by atoms with Gasteiger partial charge in [-0.25, -0.2) is 0 Å². The van der Waals surface area contributed by atoms with Crippen LogP contribution in [-0.2, 0) is 4.79 Å². The molecule has 0 spiro atoms. The predicted molar refractivity (Wildman–Crippen MR) is 73.3 cm³/mol. The largest absolute Gasteiger partial charge is 0.393 e. The van der Waals surface area contributed by atoms with E-state index in [1.165, 1.54) is 0 Å². The average molecular weight is 256 g/mol. The summed E-state index contributed by atoms with van der Waals surface area (Å²) in [5.41, 5.74) is 0. The van der Waals surface area contributed by atoms with Crippen molar-refractivity contribution in [3.8, 4) is 0 Å². The third-order valence-electron chi connectivity index (χ3n) is 4.06. The fourth-order valence-corrected chi connectivity index (χ4v) is 2.31. The highest BCUT2D eigenvalue weighted by Crippen LogP contribution is 2.19. The summed E-state index contributed by atoms with van der Waals surface area (Å²) in [6, 6.07) is 0.217. The van der Waals surface area contributed by atoms with Crippen LogP contribution in [0.25, 0.3) is 0 Å². The number of aliphatic hydroxyl groups excluding tert-OH is 1. The molecule has 3 atom stereocenters. The summed E-state index contributed by atoms with van der Waals surface area (Å²) >= 11 is 0. The highest BCUT2D eigenvalue weighted by Gasteiger charge is 2.27. The van der Waals surface area contributed by atoms with Gasteiger partial charge in [-0.1, -0.05) is 20.8 Å². The zero-order valence-corrected chi connectivity index (χ0v) is 12.1. The molecule has 1 heterocycles. The predicted octanol–water partition coefficient (Wildman–Crippen LogP) is 1.24. The summed E-state index contributed by atoms with van der Waals surface area (Å²) in [5.74, 6) is 0.872. The number of piperidine rings is 1. The Morgan fingerprint density at radius 2 is 2.11 bits per heavy atom. The fourth-order valence-electron chi connectivity index (χ4n) is 2.31. The summed E-state index contributed by atoms with van der Waals surface area (Å²) in [6.45, 7) is 10.5. The molecular weight excluding hydrogens is 228 g/mol. The number of nitrogens with zero attached hydrogens (tertiary/aromatic N) is 1. The second-order valence-corrected chi connectivity index (χ2v) is 5.86. The summed E-state index contributed by atoms with van der Waals surface area (Å²) in [7, 11) is 0. The SMILES string of the molecule is CCC1CN(CC(=O)NC(C)C(C)C)CCC1O. The first-order valence-electron chi connectivity index (χ1n) is 7.13. The van der Waals surface area contributed by atoms with Crippen molar-refractivity contribution in [3.05, 3.63) is 0 Å². The Hall–Kier alpha value is -0.610. The van der Waals surface area contributed by atoms with E-state index in [0.717, 1.165) is 25.9 Å². The first-order valence-corrected chi connectivity index (χ1v) is 7.13. The zero-order chi connectivity index (χ0) is 13.7. The zero-order valence-electron chi connectivity index (χ0n) is 12.1. The average Bonchev–Trinajstić information content (AvgIpc) is 2.31. The number of nitrogens with one attached hydrogen (secondary N) is 1. The van der Waals surface area contributed by atoms with E-state index in [0.29, 0.717) is 18.4 Å². The van der Waals surface area contributed by atoms with E-state index in [1.807, 2.05) is 6.92 Å². The van der Waals surface area contributed by atoms with Gasteiger partial charge in [0.05, 0.1) is 12.6 Å². The highest BCUT2D eigenvalue weighted by molar-refractivity contribution is 5.78. The molecule has 1 aliphatic heterocycles. The summed E-state index contributed by atoms with van der Waals surface area (Å²) in [6.07, 6.45) is 1.57. The van der Waals surface area contributed by atoms with Gasteiger partial charge in [0.15, 0.2) is 0 Å². The molecule has 0 aromatic rings. The highest BCUT2D eigenvalue weighted by atomic mass is 16.3. The Morgan fingerprint density at radius 1 is 1.44 bits per heavy atom. The second-order valence-electron chi connectivity index (χ2n) is 5.86. The first kappa shape index (κ1) is 15.4. The van der Waals surface area contributed by atoms with Gasteiger partial charge in [-0.3, -0.25) is 9.69 Å². The molecule has 0 aliphatic carbocycles. The van der Waals surface area contributed by atoms with Gasteiger partial charge >= 0.3 is 0 Å². The van der Waals surface area contributed by atoms with Gasteiger partial charge in [-0.05, 0) is 31.6 Å². The minimum atomic E-state index is -0.191. The summed E-state index contributed by atoms with van der Waals surface area (Å²) in [4.78, 5) is 14.0. The standard InChI is InChI=1S/C14H28N2O2/c1-5-12-8-16(7-6-13(12)17)9-14(18)15-11(4)10(2)3/h10-13,17H,5-9H2,1-4H3,(H,15,18). The number of carbonyl (C=O) groups is 1. The molecular formula is C14H28N2O2. The molecule has 106 valence electrons. The number of rotatable bonds is 5. The van der Waals surface area contributed by atoms with Gasteiger partial charge in [0.1, 0.15) is 0 Å². The van der Waals surface area contributed by atoms with Crippen molar-refractivity contribution < 1.29 is 9.90 Å². The lowest BCUT2D eigenvalue weighted by Gasteiger charge is -2.35. The monoisotopic (exact) mass is 256 g/mol. The van der Waals surface area contributed by atoms with E-state index in [9.17, 15) is 9.90 Å². The lowest BCUT2D eigenvalue weighted by molar-refractivity contribution is -0.124. The van der Waals surface area contributed by atoms with Crippen molar-refractivity contribution in [3.63, 3.8) is 0 Å². The van der Waals surface area contributed by atoms with Crippen LogP contribution < -0.4 is 5.32 Å². The maximum atomic E-state index is 11.9. The van der Waals surface area contributed by atoms with E-state index >= 15 is 0 Å². The Labute approximate surface area is 111 Å². The smallest absolute Gasteiger partial charge is 0.234 e. The van der Waals surface area contributed by atoms with Gasteiger partial charge in [-0.2, -0.15) is 0 Å². The van der Waals surface area contributed by atoms with E-state index in [2.05, 4.69) is 31.0 Å². The quantitative estimate of drug-likeness (QED) is 0.778. The van der Waals surface area contributed by atoms with E-state index in [1.54, 1.807) is 0 Å². The third-order valence-corrected chi connectivity index (χ3v) is 4.06. The topological polar surface area (TPSA) is 52.6 Å². The molecule has 1 aliphatic rings. The van der Waals surface area contributed by atoms with Crippen molar-refractivity contribution in [2.24, 2.45) is 11.8 Å². The van der Waals surface area contributed by atoms with Crippen LogP contribution in [0.3, 0.4) is 0 Å². The Morgan fingerprint density at radius 3 is 2.67 bits per heavy atom. The second kappa shape index (κ2) is 7.10. The van der Waals surface area contributed by atoms with Gasteiger partial charge in [0, 0.05) is 19.1 Å². The lowest BCUT2D eigenvalue weighted by atomic mass is 9.92. The molecule has 3 unspecified atom stereocenters. The van der Waals surface area contributed by atoms with Crippen molar-refractivity contribution >= 4 is 5.91 Å². The number of likely N-dealkylation sites (tertiary alicyclic amines) is 1. The van der Waals surface area contributed by atoms with Crippen LogP contribution in [0, 0.1) is 11.8 Å². The van der Waals surface area contributed by atoms with Gasteiger partial charge in [0.25, 0.3) is 0 Å². The molecule has 2 N–H and O–H groups in total. The van der Waals surface area contributed by atoms with Crippen LogP contribution in [-0.4, -0.2) is 47.7 Å². The Kier molecular flexibility index (Phi) is 6.09. The number of hydrogen-bond acceptors (Lipinski definition) is 3. The number of amides is 1. The van der Waals surface area contributed by atoms with E-state index in [4.69, 9.17) is 0 Å². The molecule has 0 saturated carbocycles. The fraction of sp³-hybridized carbons (Fsp3) is 0.929. The maximum Gasteiger partial charge on any atom is 0.234 e. The molecule has 0 aromatic heterocycles. The molecule has 4 nitrogen and oxygen atoms in total. The van der Waals surface area contributed by atoms with Crippen LogP contribution >= 0.6 is 0 Å². The maximum absolute atomic E-state index is 11.9. The molecule has 0 bridgehead atoms. The summed E-state index contributed by atoms with van der Waals surface area (Å²) in [5, 5.41) is 12.8. The number of hydrogen-bond donors (Lipinski definition) is 2. The van der Waals surface area contributed by atoms with Crippen molar-refractivity contribution in [1.29, 1.82) is 0 Å². The van der Waals surface area contributed by atoms with Crippen molar-refractivity contribution in [2.75, 3.05) is 19.6 Å². The normalized spacial score (nSPS) is 27.2. The van der Waals surface area contributed by atoms with Crippen LogP contribution in [0.5, 0.6) is 0 Å². The van der Waals surface area contributed by atoms with Crippen LogP contribution in [0.4, 0.5) is 0 Å². The van der Waals surface area contributed by atoms with Crippen LogP contribution in [0.1, 0.15) is 40.5 Å². The molecule has 0 aromatic carbocycles. The molecule has 1 amide bonds. The van der Waals surface area contributed by atoms with E-state index in [-0.39, 0.29) is 18.1 Å². The minimum Gasteiger partial charge on any atom is -0.393 e. The minimum absolute atomic E-state index is 0.0995. The third kappa shape index (κ3) is 4.58. The first-order chi connectivity index (χ1) is 8.43. The molecule has 4 heteroatoms. The van der Waals surface area contributed by atoms with Crippen molar-refractivity contribution in [1.82, 2.24) is 10.2 Å². The Bertz CT molecular complexity index is 269. The van der Waals surface area contributed by atoms with Crippen LogP contribution in [0.15, 0.2) is 0 Å².